The van der Waals surface area contributed by atoms with Crippen LogP contribution >= 0.6 is 0 Å². The van der Waals surface area contributed by atoms with Crippen LogP contribution in [0.3, 0.4) is 0 Å². The highest BCUT2D eigenvalue weighted by Crippen LogP contribution is 2.74. The molecule has 1 aliphatic heterocycles. The molecule has 0 aromatic heterocycles. The van der Waals surface area contributed by atoms with E-state index in [1.54, 1.807) is 12.1 Å². The van der Waals surface area contributed by atoms with Gasteiger partial charge in [0.25, 0.3) is 5.69 Å². The van der Waals surface area contributed by atoms with Gasteiger partial charge in [-0.3, -0.25) is 24.5 Å². The maximum atomic E-state index is 14.3. The van der Waals surface area contributed by atoms with Crippen LogP contribution in [-0.4, -0.2) is 27.8 Å². The van der Waals surface area contributed by atoms with Crippen molar-refractivity contribution in [2.24, 2.45) is 51.8 Å². The van der Waals surface area contributed by atoms with Gasteiger partial charge in [-0.2, -0.15) is 0 Å². The van der Waals surface area contributed by atoms with Gasteiger partial charge in [0.15, 0.2) is 0 Å². The SMILES string of the molecule is CC(C)C1=C[C@@]23CC[C@H]4[C@](C)(CCC[C@@]4(C)C(=O)O)[C@@H]2C[C@@H]1[C@H]1C(=O)N(c2ccccc2[N+](=O)[O-])C(=O)[C@H]13. The summed E-state index contributed by atoms with van der Waals surface area (Å²) in [5.74, 6) is -2.32. The van der Waals surface area contributed by atoms with E-state index >= 15 is 0 Å². The van der Waals surface area contributed by atoms with E-state index < -0.39 is 33.6 Å². The number of carboxylic acids is 1. The van der Waals surface area contributed by atoms with Crippen LogP contribution in [0.1, 0.15) is 66.2 Å². The Hall–Kier alpha value is -3.03. The van der Waals surface area contributed by atoms with E-state index in [0.717, 1.165) is 24.2 Å². The monoisotopic (exact) mass is 520 g/mol. The number of anilines is 1. The second kappa shape index (κ2) is 7.99. The lowest BCUT2D eigenvalue weighted by Crippen LogP contribution is -2.65. The fourth-order valence-electron chi connectivity index (χ4n) is 10.0. The molecule has 2 amide bonds. The number of amides is 2. The fourth-order valence-corrected chi connectivity index (χ4v) is 10.0. The number of nitrogens with zero attached hydrogens (tertiary/aromatic N) is 2. The van der Waals surface area contributed by atoms with Gasteiger partial charge in [-0.15, -0.1) is 0 Å². The van der Waals surface area contributed by atoms with Gasteiger partial charge in [0.2, 0.25) is 11.8 Å². The molecule has 1 N–H and O–H groups in total. The van der Waals surface area contributed by atoms with Gasteiger partial charge in [0.1, 0.15) is 5.69 Å². The van der Waals surface area contributed by atoms with Gasteiger partial charge in [-0.25, -0.2) is 4.90 Å². The Kier molecular flexibility index (Phi) is 5.31. The average Bonchev–Trinajstić information content (AvgIpc) is 3.15. The van der Waals surface area contributed by atoms with Gasteiger partial charge >= 0.3 is 5.97 Å². The molecular formula is C30H36N2O6. The van der Waals surface area contributed by atoms with Crippen molar-refractivity contribution in [1.82, 2.24) is 0 Å². The third-order valence-electron chi connectivity index (χ3n) is 11.5. The summed E-state index contributed by atoms with van der Waals surface area (Å²) in [5.41, 5.74) is -0.593. The van der Waals surface area contributed by atoms with E-state index in [1.807, 2.05) is 6.92 Å². The highest BCUT2D eigenvalue weighted by molar-refractivity contribution is 6.23. The van der Waals surface area contributed by atoms with E-state index in [1.165, 1.54) is 17.7 Å². The lowest BCUT2D eigenvalue weighted by atomic mass is 9.34. The van der Waals surface area contributed by atoms with E-state index in [2.05, 4.69) is 26.8 Å². The van der Waals surface area contributed by atoms with Crippen LogP contribution in [0, 0.1) is 61.9 Å². The summed E-state index contributed by atoms with van der Waals surface area (Å²) in [4.78, 5) is 53.3. The number of carboxylic acid groups (broad SMARTS) is 1. The second-order valence-corrected chi connectivity index (χ2v) is 13.2. The molecule has 2 bridgehead atoms. The third kappa shape index (κ3) is 2.94. The van der Waals surface area contributed by atoms with Gasteiger partial charge in [0, 0.05) is 11.5 Å². The molecule has 8 heteroatoms. The number of imide groups is 1. The molecule has 202 valence electrons. The molecule has 1 aromatic rings. The smallest absolute Gasteiger partial charge is 0.309 e. The van der Waals surface area contributed by atoms with Crippen molar-refractivity contribution in [3.8, 4) is 0 Å². The van der Waals surface area contributed by atoms with Gasteiger partial charge in [-0.1, -0.05) is 51.0 Å². The third-order valence-corrected chi connectivity index (χ3v) is 11.5. The average molecular weight is 521 g/mol. The zero-order valence-electron chi connectivity index (χ0n) is 22.5. The van der Waals surface area contributed by atoms with Crippen molar-refractivity contribution in [1.29, 1.82) is 0 Å². The Balaban J connectivity index is 1.50. The molecular weight excluding hydrogens is 484 g/mol. The number of benzene rings is 1. The Bertz CT molecular complexity index is 1300. The van der Waals surface area contributed by atoms with Crippen LogP contribution in [0.2, 0.25) is 0 Å². The summed E-state index contributed by atoms with van der Waals surface area (Å²) in [6, 6.07) is 6.00. The highest BCUT2D eigenvalue weighted by atomic mass is 16.6. The standard InChI is InChI=1S/C30H36N2O6/c1-16(2)18-15-30-13-10-21-28(3,11-7-12-29(21,4)27(35)36)22(30)14-17(18)23-24(30)26(34)31(25(23)33)19-8-5-6-9-20(19)32(37)38/h5-6,8-9,15-17,21-24H,7,10-14H2,1-4H3,(H,35,36)/t17-,21-,22-,23+,24-,28-,29+,30-/m0/s1. The summed E-state index contributed by atoms with van der Waals surface area (Å²) in [5, 5.41) is 22.1. The van der Waals surface area contributed by atoms with Crippen LogP contribution in [0.5, 0.6) is 0 Å². The number of nitro benzene ring substituents is 1. The lowest BCUT2D eigenvalue weighted by Gasteiger charge is -2.68. The number of aliphatic carboxylic acids is 1. The van der Waals surface area contributed by atoms with Crippen LogP contribution in [-0.2, 0) is 14.4 Å². The molecule has 8 nitrogen and oxygen atoms in total. The van der Waals surface area contributed by atoms with Crippen LogP contribution < -0.4 is 4.90 Å². The number of carbonyl (C=O) groups excluding carboxylic acids is 2. The maximum absolute atomic E-state index is 14.3. The number of nitro groups is 1. The zero-order chi connectivity index (χ0) is 27.4. The fraction of sp³-hybridized carbons (Fsp3) is 0.633. The molecule has 38 heavy (non-hydrogen) atoms. The zero-order valence-corrected chi connectivity index (χ0v) is 22.5. The molecule has 5 aliphatic carbocycles. The van der Waals surface area contributed by atoms with Crippen molar-refractivity contribution < 1.29 is 24.4 Å². The van der Waals surface area contributed by atoms with Gasteiger partial charge < -0.3 is 5.11 Å². The molecule has 6 aliphatic rings. The number of allylic oxidation sites excluding steroid dienone is 2. The van der Waals surface area contributed by atoms with Gasteiger partial charge in [-0.05, 0) is 74.2 Å². The van der Waals surface area contributed by atoms with E-state index in [4.69, 9.17) is 0 Å². The molecule has 4 fully saturated rings. The first-order valence-electron chi connectivity index (χ1n) is 14.0. The maximum Gasteiger partial charge on any atom is 0.309 e. The first-order chi connectivity index (χ1) is 17.9. The Morgan fingerprint density at radius 2 is 1.82 bits per heavy atom. The molecule has 0 unspecified atom stereocenters. The largest absolute Gasteiger partial charge is 0.481 e. The Morgan fingerprint density at radius 3 is 2.47 bits per heavy atom. The molecule has 1 heterocycles. The minimum Gasteiger partial charge on any atom is -0.481 e. The molecule has 8 atom stereocenters. The molecule has 1 spiro atoms. The highest BCUT2D eigenvalue weighted by Gasteiger charge is 2.73. The van der Waals surface area contributed by atoms with Crippen molar-refractivity contribution >= 4 is 29.2 Å². The molecule has 1 saturated heterocycles. The molecule has 0 radical (unpaired) electrons. The van der Waals surface area contributed by atoms with Crippen LogP contribution in [0.25, 0.3) is 0 Å². The summed E-state index contributed by atoms with van der Waals surface area (Å²) in [7, 11) is 0. The summed E-state index contributed by atoms with van der Waals surface area (Å²) in [6.45, 7) is 8.39. The minimum absolute atomic E-state index is 0.00379. The second-order valence-electron chi connectivity index (χ2n) is 13.2. The predicted molar refractivity (Wildman–Crippen MR) is 140 cm³/mol. The lowest BCUT2D eigenvalue weighted by molar-refractivity contribution is -0.384. The summed E-state index contributed by atoms with van der Waals surface area (Å²) < 4.78 is 0. The number of para-hydroxylation sites is 2. The Morgan fingerprint density at radius 1 is 1.11 bits per heavy atom. The van der Waals surface area contributed by atoms with E-state index in [0.29, 0.717) is 19.3 Å². The van der Waals surface area contributed by atoms with Crippen molar-refractivity contribution in [2.75, 3.05) is 4.90 Å². The first kappa shape index (κ1) is 25.3. The van der Waals surface area contributed by atoms with Gasteiger partial charge in [0.05, 0.1) is 22.2 Å². The first-order valence-corrected chi connectivity index (χ1v) is 14.0. The molecule has 3 saturated carbocycles. The van der Waals surface area contributed by atoms with Crippen molar-refractivity contribution in [3.63, 3.8) is 0 Å². The number of fused-ring (bicyclic) bond motifs is 1. The quantitative estimate of drug-likeness (QED) is 0.239. The summed E-state index contributed by atoms with van der Waals surface area (Å²) >= 11 is 0. The van der Waals surface area contributed by atoms with Crippen LogP contribution in [0.15, 0.2) is 35.9 Å². The topological polar surface area (TPSA) is 118 Å². The number of hydrogen-bond acceptors (Lipinski definition) is 5. The summed E-state index contributed by atoms with van der Waals surface area (Å²) in [6.07, 6.45) is 6.84. The normalized spacial score (nSPS) is 41.4. The van der Waals surface area contributed by atoms with E-state index in [9.17, 15) is 29.6 Å². The number of rotatable bonds is 4. The van der Waals surface area contributed by atoms with Crippen molar-refractivity contribution in [3.05, 3.63) is 46.0 Å². The predicted octanol–water partition coefficient (Wildman–Crippen LogP) is 5.61. The van der Waals surface area contributed by atoms with Crippen LogP contribution in [0.4, 0.5) is 11.4 Å². The number of hydrogen-bond donors (Lipinski definition) is 1. The number of carbonyl (C=O) groups is 3. The minimum atomic E-state index is -0.804. The molecule has 1 aromatic carbocycles. The van der Waals surface area contributed by atoms with Crippen molar-refractivity contribution in [2.45, 2.75) is 66.2 Å². The molecule has 7 rings (SSSR count). The Labute approximate surface area is 222 Å². The van der Waals surface area contributed by atoms with E-state index in [-0.39, 0.29) is 52.3 Å².